The van der Waals surface area contributed by atoms with Gasteiger partial charge in [-0.15, -0.1) is 11.3 Å². The van der Waals surface area contributed by atoms with Gasteiger partial charge in [-0.25, -0.2) is 9.71 Å². The summed E-state index contributed by atoms with van der Waals surface area (Å²) in [5, 5.41) is 1.81. The predicted octanol–water partition coefficient (Wildman–Crippen LogP) is 0.903. The van der Waals surface area contributed by atoms with E-state index in [1.807, 2.05) is 0 Å². The normalized spacial score (nSPS) is 12.2. The quantitative estimate of drug-likeness (QED) is 0.788. The molecule has 1 aromatic rings. The summed E-state index contributed by atoms with van der Waals surface area (Å²) in [5.41, 5.74) is -0.122. The van der Waals surface area contributed by atoms with Gasteiger partial charge in [0.05, 0.1) is 19.2 Å². The lowest BCUT2D eigenvalue weighted by Crippen LogP contribution is -2.43. The standard InChI is InChI=1S/C10H17N3O4S2/c1-10(2,3)13-19(15,16)12-9-11-7(6-18-9)5-8(14)17-4/h6,13H,5H2,1-4H3,(H,11,12). The molecule has 2 N–H and O–H groups in total. The van der Waals surface area contributed by atoms with Crippen molar-refractivity contribution in [3.63, 3.8) is 0 Å². The fourth-order valence-electron chi connectivity index (χ4n) is 1.20. The van der Waals surface area contributed by atoms with E-state index in [0.29, 0.717) is 5.69 Å². The molecule has 7 nitrogen and oxygen atoms in total. The molecular weight excluding hydrogens is 290 g/mol. The second-order valence-electron chi connectivity index (χ2n) is 4.85. The number of carbonyl (C=O) groups is 1. The molecule has 0 spiro atoms. The first-order valence-corrected chi connectivity index (χ1v) is 7.80. The highest BCUT2D eigenvalue weighted by Gasteiger charge is 2.21. The third-order valence-electron chi connectivity index (χ3n) is 1.77. The van der Waals surface area contributed by atoms with E-state index in [2.05, 4.69) is 19.2 Å². The van der Waals surface area contributed by atoms with Crippen molar-refractivity contribution in [2.75, 3.05) is 11.8 Å². The minimum absolute atomic E-state index is 0.0153. The van der Waals surface area contributed by atoms with Gasteiger partial charge in [0.25, 0.3) is 0 Å². The number of esters is 1. The number of ether oxygens (including phenoxy) is 1. The van der Waals surface area contributed by atoms with Gasteiger partial charge in [0.15, 0.2) is 5.13 Å². The van der Waals surface area contributed by atoms with Gasteiger partial charge >= 0.3 is 16.2 Å². The summed E-state index contributed by atoms with van der Waals surface area (Å²) in [4.78, 5) is 15.1. The Morgan fingerprint density at radius 2 is 2.11 bits per heavy atom. The van der Waals surface area contributed by atoms with Gasteiger partial charge in [-0.2, -0.15) is 13.1 Å². The molecular formula is C10H17N3O4S2. The van der Waals surface area contributed by atoms with Crippen LogP contribution in [-0.4, -0.2) is 32.0 Å². The van der Waals surface area contributed by atoms with Crippen LogP contribution in [0.2, 0.25) is 0 Å². The van der Waals surface area contributed by atoms with Crippen LogP contribution in [-0.2, 0) is 26.2 Å². The minimum atomic E-state index is -3.68. The number of methoxy groups -OCH3 is 1. The van der Waals surface area contributed by atoms with Crippen LogP contribution in [0.3, 0.4) is 0 Å². The first-order valence-electron chi connectivity index (χ1n) is 5.44. The molecule has 1 aromatic heterocycles. The molecule has 108 valence electrons. The van der Waals surface area contributed by atoms with E-state index in [4.69, 9.17) is 0 Å². The number of hydrogen-bond donors (Lipinski definition) is 2. The Labute approximate surface area is 116 Å². The smallest absolute Gasteiger partial charge is 0.311 e. The number of nitrogens with one attached hydrogen (secondary N) is 2. The minimum Gasteiger partial charge on any atom is -0.469 e. The van der Waals surface area contributed by atoms with Gasteiger partial charge in [0.1, 0.15) is 0 Å². The number of thiazole rings is 1. The van der Waals surface area contributed by atoms with E-state index in [-0.39, 0.29) is 11.6 Å². The monoisotopic (exact) mass is 307 g/mol. The number of anilines is 1. The number of aromatic nitrogens is 1. The topological polar surface area (TPSA) is 97.4 Å². The molecule has 0 saturated carbocycles. The van der Waals surface area contributed by atoms with Gasteiger partial charge in [-0.3, -0.25) is 4.79 Å². The second-order valence-corrected chi connectivity index (χ2v) is 7.13. The maximum Gasteiger partial charge on any atom is 0.311 e. The Hall–Kier alpha value is -1.19. The van der Waals surface area contributed by atoms with Crippen molar-refractivity contribution in [3.8, 4) is 0 Å². The summed E-state index contributed by atoms with van der Waals surface area (Å²) in [6, 6.07) is 0. The average molecular weight is 307 g/mol. The highest BCUT2D eigenvalue weighted by Crippen LogP contribution is 2.17. The molecule has 19 heavy (non-hydrogen) atoms. The zero-order chi connectivity index (χ0) is 14.7. The second kappa shape index (κ2) is 5.85. The fraction of sp³-hybridized carbons (Fsp3) is 0.600. The molecule has 0 aromatic carbocycles. The summed E-state index contributed by atoms with van der Waals surface area (Å²) < 4.78 is 32.8. The Morgan fingerprint density at radius 3 is 2.63 bits per heavy atom. The van der Waals surface area contributed by atoms with Crippen molar-refractivity contribution >= 4 is 32.6 Å². The van der Waals surface area contributed by atoms with Crippen molar-refractivity contribution in [1.82, 2.24) is 9.71 Å². The third kappa shape index (κ3) is 5.99. The molecule has 1 rings (SSSR count). The SMILES string of the molecule is COC(=O)Cc1csc(NS(=O)(=O)NC(C)(C)C)n1. The van der Waals surface area contributed by atoms with Crippen molar-refractivity contribution in [2.45, 2.75) is 32.7 Å². The molecule has 0 atom stereocenters. The maximum atomic E-state index is 11.8. The van der Waals surface area contributed by atoms with E-state index in [0.717, 1.165) is 11.3 Å². The van der Waals surface area contributed by atoms with Crippen molar-refractivity contribution in [1.29, 1.82) is 0 Å². The van der Waals surface area contributed by atoms with E-state index in [1.54, 1.807) is 26.2 Å². The van der Waals surface area contributed by atoms with E-state index < -0.39 is 21.7 Å². The molecule has 0 aliphatic rings. The van der Waals surface area contributed by atoms with Crippen LogP contribution in [0.25, 0.3) is 0 Å². The van der Waals surface area contributed by atoms with Crippen LogP contribution >= 0.6 is 11.3 Å². The zero-order valence-corrected chi connectivity index (χ0v) is 12.8. The van der Waals surface area contributed by atoms with E-state index in [9.17, 15) is 13.2 Å². The van der Waals surface area contributed by atoms with Crippen molar-refractivity contribution < 1.29 is 17.9 Å². The lowest BCUT2D eigenvalue weighted by Gasteiger charge is -2.20. The van der Waals surface area contributed by atoms with Gasteiger partial charge in [-0.1, -0.05) is 0 Å². The zero-order valence-electron chi connectivity index (χ0n) is 11.2. The van der Waals surface area contributed by atoms with E-state index in [1.165, 1.54) is 7.11 Å². The number of rotatable bonds is 5. The summed E-state index contributed by atoms with van der Waals surface area (Å²) in [6.07, 6.45) is 0.0153. The molecule has 0 bridgehead atoms. The predicted molar refractivity (Wildman–Crippen MR) is 73.3 cm³/mol. The molecule has 0 saturated heterocycles. The van der Waals surface area contributed by atoms with Crippen LogP contribution < -0.4 is 9.44 Å². The summed E-state index contributed by atoms with van der Waals surface area (Å²) in [6.45, 7) is 5.20. The van der Waals surface area contributed by atoms with Crippen LogP contribution in [0.4, 0.5) is 5.13 Å². The summed E-state index contributed by atoms with van der Waals surface area (Å²) in [5.74, 6) is -0.424. The molecule has 0 unspecified atom stereocenters. The number of hydrogen-bond acceptors (Lipinski definition) is 6. The number of nitrogens with zero attached hydrogens (tertiary/aromatic N) is 1. The molecule has 0 fully saturated rings. The van der Waals surface area contributed by atoms with Crippen molar-refractivity contribution in [2.24, 2.45) is 0 Å². The van der Waals surface area contributed by atoms with Gasteiger partial charge in [0, 0.05) is 10.9 Å². The van der Waals surface area contributed by atoms with Crippen LogP contribution in [0.15, 0.2) is 5.38 Å². The lowest BCUT2D eigenvalue weighted by atomic mass is 10.1. The van der Waals surface area contributed by atoms with Gasteiger partial charge in [-0.05, 0) is 20.8 Å². The first kappa shape index (κ1) is 15.9. The van der Waals surface area contributed by atoms with E-state index >= 15 is 0 Å². The molecule has 1 heterocycles. The largest absolute Gasteiger partial charge is 0.469 e. The molecule has 9 heteroatoms. The van der Waals surface area contributed by atoms with Gasteiger partial charge in [0.2, 0.25) is 0 Å². The Morgan fingerprint density at radius 1 is 1.47 bits per heavy atom. The van der Waals surface area contributed by atoms with Crippen LogP contribution in [0.1, 0.15) is 26.5 Å². The highest BCUT2D eigenvalue weighted by molar-refractivity contribution is 7.91. The molecule has 0 aliphatic carbocycles. The lowest BCUT2D eigenvalue weighted by molar-refractivity contribution is -0.139. The average Bonchev–Trinajstić information content (AvgIpc) is 2.60. The summed E-state index contributed by atoms with van der Waals surface area (Å²) in [7, 11) is -2.40. The maximum absolute atomic E-state index is 11.8. The highest BCUT2D eigenvalue weighted by atomic mass is 32.2. The Bertz CT molecular complexity index is 545. The molecule has 0 radical (unpaired) electrons. The Kier molecular flexibility index (Phi) is 4.88. The molecule has 0 amide bonds. The molecule has 0 aliphatic heterocycles. The van der Waals surface area contributed by atoms with Crippen LogP contribution in [0, 0.1) is 0 Å². The van der Waals surface area contributed by atoms with Gasteiger partial charge < -0.3 is 4.74 Å². The fourth-order valence-corrected chi connectivity index (χ4v) is 3.41. The first-order chi connectivity index (χ1) is 8.61. The Balaban J connectivity index is 2.71. The number of carbonyl (C=O) groups excluding carboxylic acids is 1. The van der Waals surface area contributed by atoms with Crippen molar-refractivity contribution in [3.05, 3.63) is 11.1 Å². The summed E-state index contributed by atoms with van der Waals surface area (Å²) >= 11 is 1.11. The third-order valence-corrected chi connectivity index (χ3v) is 4.05. The van der Waals surface area contributed by atoms with Crippen LogP contribution in [0.5, 0.6) is 0 Å².